The van der Waals surface area contributed by atoms with E-state index in [0.29, 0.717) is 12.5 Å². The molecule has 0 aliphatic carbocycles. The highest BCUT2D eigenvalue weighted by Crippen LogP contribution is 2.32. The number of hydrogen-bond donors (Lipinski definition) is 2. The van der Waals surface area contributed by atoms with E-state index in [9.17, 15) is 0 Å². The predicted molar refractivity (Wildman–Crippen MR) is 121 cm³/mol. The highest BCUT2D eigenvalue weighted by Gasteiger charge is 2.21. The second-order valence-corrected chi connectivity index (χ2v) is 6.26. The standard InChI is InChI=1S/C21H27N3O2.HI/c1-3-22-21(24-15-17-8-4-6-10-19(17)25-2)23-14-16-12-13-26-20-11-7-5-9-18(16)20;/h4-11,16H,3,12-15H2,1-2H3,(H2,22,23,24);1H. The fourth-order valence-corrected chi connectivity index (χ4v) is 3.19. The minimum atomic E-state index is 0. The molecule has 5 nitrogen and oxygen atoms in total. The first kappa shape index (κ1) is 21.3. The van der Waals surface area contributed by atoms with E-state index in [1.807, 2.05) is 36.4 Å². The van der Waals surface area contributed by atoms with Crippen LogP contribution in [0.5, 0.6) is 11.5 Å². The summed E-state index contributed by atoms with van der Waals surface area (Å²) in [4.78, 5) is 4.72. The Labute approximate surface area is 178 Å². The van der Waals surface area contributed by atoms with Crippen LogP contribution in [0.25, 0.3) is 0 Å². The van der Waals surface area contributed by atoms with Gasteiger partial charge in [0.05, 0.1) is 20.3 Å². The van der Waals surface area contributed by atoms with Crippen LogP contribution < -0.4 is 20.1 Å². The number of guanidine groups is 1. The number of nitrogens with one attached hydrogen (secondary N) is 2. The Morgan fingerprint density at radius 1 is 1.15 bits per heavy atom. The molecule has 146 valence electrons. The number of rotatable bonds is 6. The molecule has 1 unspecified atom stereocenters. The van der Waals surface area contributed by atoms with Crippen molar-refractivity contribution in [3.05, 3.63) is 59.7 Å². The van der Waals surface area contributed by atoms with Gasteiger partial charge < -0.3 is 20.1 Å². The van der Waals surface area contributed by atoms with E-state index in [2.05, 4.69) is 29.7 Å². The summed E-state index contributed by atoms with van der Waals surface area (Å²) >= 11 is 0. The number of para-hydroxylation sites is 2. The molecule has 1 aliphatic heterocycles. The average Bonchev–Trinajstić information content (AvgIpc) is 2.70. The number of aliphatic imine (C=N–C) groups is 1. The van der Waals surface area contributed by atoms with Crippen molar-refractivity contribution in [3.8, 4) is 11.5 Å². The van der Waals surface area contributed by atoms with E-state index in [-0.39, 0.29) is 24.0 Å². The van der Waals surface area contributed by atoms with Crippen LogP contribution in [0.1, 0.15) is 30.4 Å². The molecule has 0 amide bonds. The van der Waals surface area contributed by atoms with E-state index in [1.54, 1.807) is 7.11 Å². The summed E-state index contributed by atoms with van der Waals surface area (Å²) in [6.07, 6.45) is 1.01. The van der Waals surface area contributed by atoms with Crippen LogP contribution in [0.4, 0.5) is 0 Å². The SMILES string of the molecule is CCNC(=NCc1ccccc1OC)NCC1CCOc2ccccc21.I. The Morgan fingerprint density at radius 2 is 1.93 bits per heavy atom. The van der Waals surface area contributed by atoms with Crippen molar-refractivity contribution in [2.75, 3.05) is 26.8 Å². The lowest BCUT2D eigenvalue weighted by atomic mass is 9.93. The van der Waals surface area contributed by atoms with Gasteiger partial charge in [-0.15, -0.1) is 24.0 Å². The van der Waals surface area contributed by atoms with Crippen molar-refractivity contribution >= 4 is 29.9 Å². The molecule has 2 N–H and O–H groups in total. The van der Waals surface area contributed by atoms with E-state index >= 15 is 0 Å². The molecule has 27 heavy (non-hydrogen) atoms. The molecular formula is C21H28IN3O2. The summed E-state index contributed by atoms with van der Waals surface area (Å²) in [5.74, 6) is 3.12. The van der Waals surface area contributed by atoms with Gasteiger partial charge in [-0.1, -0.05) is 36.4 Å². The van der Waals surface area contributed by atoms with Crippen molar-refractivity contribution in [1.29, 1.82) is 0 Å². The summed E-state index contributed by atoms with van der Waals surface area (Å²) in [5, 5.41) is 6.80. The Kier molecular flexibility index (Phi) is 8.71. The summed E-state index contributed by atoms with van der Waals surface area (Å²) in [6, 6.07) is 16.3. The van der Waals surface area contributed by atoms with Crippen LogP contribution in [0, 0.1) is 0 Å². The minimum absolute atomic E-state index is 0. The minimum Gasteiger partial charge on any atom is -0.496 e. The third kappa shape index (κ3) is 5.76. The summed E-state index contributed by atoms with van der Waals surface area (Å²) in [5.41, 5.74) is 2.34. The molecule has 0 bridgehead atoms. The number of nitrogens with zero attached hydrogens (tertiary/aromatic N) is 1. The van der Waals surface area contributed by atoms with Crippen molar-refractivity contribution in [2.24, 2.45) is 4.99 Å². The van der Waals surface area contributed by atoms with E-state index in [0.717, 1.165) is 49.1 Å². The topological polar surface area (TPSA) is 54.9 Å². The molecule has 0 spiro atoms. The molecule has 0 fully saturated rings. The zero-order valence-electron chi connectivity index (χ0n) is 15.9. The molecule has 1 aliphatic rings. The number of halogens is 1. The van der Waals surface area contributed by atoms with Crippen molar-refractivity contribution in [1.82, 2.24) is 10.6 Å². The molecule has 0 radical (unpaired) electrons. The highest BCUT2D eigenvalue weighted by atomic mass is 127. The van der Waals surface area contributed by atoms with Crippen LogP contribution in [0.2, 0.25) is 0 Å². The van der Waals surface area contributed by atoms with E-state index < -0.39 is 0 Å². The molecule has 0 saturated heterocycles. The number of ether oxygens (including phenoxy) is 2. The average molecular weight is 481 g/mol. The van der Waals surface area contributed by atoms with Gasteiger partial charge in [0.2, 0.25) is 0 Å². The number of benzene rings is 2. The van der Waals surface area contributed by atoms with Crippen LogP contribution in [0.3, 0.4) is 0 Å². The third-order valence-corrected chi connectivity index (χ3v) is 4.54. The fraction of sp³-hybridized carbons (Fsp3) is 0.381. The number of methoxy groups -OCH3 is 1. The van der Waals surface area contributed by atoms with Gasteiger partial charge >= 0.3 is 0 Å². The van der Waals surface area contributed by atoms with Gasteiger partial charge in [-0.2, -0.15) is 0 Å². The first-order valence-electron chi connectivity index (χ1n) is 9.17. The van der Waals surface area contributed by atoms with Crippen molar-refractivity contribution in [2.45, 2.75) is 25.8 Å². The second kappa shape index (κ2) is 11.0. The summed E-state index contributed by atoms with van der Waals surface area (Å²) < 4.78 is 11.2. The van der Waals surface area contributed by atoms with E-state index in [1.165, 1.54) is 5.56 Å². The monoisotopic (exact) mass is 481 g/mol. The smallest absolute Gasteiger partial charge is 0.191 e. The fourth-order valence-electron chi connectivity index (χ4n) is 3.19. The molecule has 0 aromatic heterocycles. The Balaban J connectivity index is 0.00000261. The molecule has 2 aromatic carbocycles. The zero-order valence-corrected chi connectivity index (χ0v) is 18.2. The molecule has 2 aromatic rings. The number of fused-ring (bicyclic) bond motifs is 1. The van der Waals surface area contributed by atoms with Gasteiger partial charge in [0, 0.05) is 24.6 Å². The van der Waals surface area contributed by atoms with Crippen LogP contribution in [0.15, 0.2) is 53.5 Å². The predicted octanol–water partition coefficient (Wildman–Crippen LogP) is 3.93. The molecule has 1 atom stereocenters. The maximum Gasteiger partial charge on any atom is 0.191 e. The number of hydrogen-bond acceptors (Lipinski definition) is 3. The maximum atomic E-state index is 5.75. The van der Waals surface area contributed by atoms with Crippen molar-refractivity contribution < 1.29 is 9.47 Å². The van der Waals surface area contributed by atoms with Crippen LogP contribution in [-0.2, 0) is 6.54 Å². The van der Waals surface area contributed by atoms with E-state index in [4.69, 9.17) is 14.5 Å². The molecule has 1 heterocycles. The molecule has 3 rings (SSSR count). The van der Waals surface area contributed by atoms with Gasteiger partial charge in [-0.3, -0.25) is 0 Å². The third-order valence-electron chi connectivity index (χ3n) is 4.54. The first-order valence-corrected chi connectivity index (χ1v) is 9.17. The second-order valence-electron chi connectivity index (χ2n) is 6.26. The largest absolute Gasteiger partial charge is 0.496 e. The summed E-state index contributed by atoms with van der Waals surface area (Å²) in [6.45, 7) is 5.06. The van der Waals surface area contributed by atoms with Gasteiger partial charge in [-0.25, -0.2) is 4.99 Å². The van der Waals surface area contributed by atoms with Crippen molar-refractivity contribution in [3.63, 3.8) is 0 Å². The molecule has 6 heteroatoms. The maximum absolute atomic E-state index is 5.75. The zero-order chi connectivity index (χ0) is 18.2. The first-order chi connectivity index (χ1) is 12.8. The summed E-state index contributed by atoms with van der Waals surface area (Å²) in [7, 11) is 1.69. The van der Waals surface area contributed by atoms with Crippen LogP contribution in [-0.4, -0.2) is 32.8 Å². The Hall–Kier alpha value is -1.96. The van der Waals surface area contributed by atoms with Gasteiger partial charge in [0.15, 0.2) is 5.96 Å². The quantitative estimate of drug-likeness (QED) is 0.373. The Bertz CT molecular complexity index is 752. The lowest BCUT2D eigenvalue weighted by Gasteiger charge is -2.26. The lowest BCUT2D eigenvalue weighted by Crippen LogP contribution is -2.40. The molecular weight excluding hydrogens is 453 g/mol. The lowest BCUT2D eigenvalue weighted by molar-refractivity contribution is 0.267. The van der Waals surface area contributed by atoms with Gasteiger partial charge in [0.1, 0.15) is 11.5 Å². The Morgan fingerprint density at radius 3 is 2.74 bits per heavy atom. The van der Waals surface area contributed by atoms with Gasteiger partial charge in [0.25, 0.3) is 0 Å². The highest BCUT2D eigenvalue weighted by molar-refractivity contribution is 14.0. The molecule has 0 saturated carbocycles. The normalized spacial score (nSPS) is 15.8. The van der Waals surface area contributed by atoms with Crippen LogP contribution >= 0.6 is 24.0 Å². The van der Waals surface area contributed by atoms with Gasteiger partial charge in [-0.05, 0) is 31.0 Å².